The van der Waals surface area contributed by atoms with Gasteiger partial charge in [0, 0.05) is 6.42 Å². The van der Waals surface area contributed by atoms with Crippen LogP contribution in [0.15, 0.2) is 30.3 Å². The normalized spacial score (nSPS) is 10.8. The van der Waals surface area contributed by atoms with E-state index in [-0.39, 0.29) is 12.8 Å². The lowest BCUT2D eigenvalue weighted by atomic mass is 10.0. The molecular formula is C25H42O3. The molecule has 0 aliphatic rings. The minimum Gasteiger partial charge on any atom is -0.457 e. The second-order valence-corrected chi connectivity index (χ2v) is 7.79. The summed E-state index contributed by atoms with van der Waals surface area (Å²) in [6.45, 7) is 2.28. The summed E-state index contributed by atoms with van der Waals surface area (Å²) in [4.78, 5) is 11.7. The predicted molar refractivity (Wildman–Crippen MR) is 118 cm³/mol. The zero-order chi connectivity index (χ0) is 20.1. The summed E-state index contributed by atoms with van der Waals surface area (Å²) in [7, 11) is 0. The molecule has 0 radical (unpaired) electrons. The number of carbonyl (C=O) groups is 1. The second-order valence-electron chi connectivity index (χ2n) is 7.79. The molecular weight excluding hydrogens is 348 g/mol. The zero-order valence-corrected chi connectivity index (χ0v) is 18.1. The minimum absolute atomic E-state index is 0.00157. The largest absolute Gasteiger partial charge is 0.457 e. The molecule has 0 atom stereocenters. The highest BCUT2D eigenvalue weighted by Gasteiger charge is 2.03. The van der Waals surface area contributed by atoms with Crippen molar-refractivity contribution in [3.05, 3.63) is 30.3 Å². The number of hydrogen-bond donors (Lipinski definition) is 0. The molecule has 1 aromatic carbocycles. The summed E-state index contributed by atoms with van der Waals surface area (Å²) in [5.74, 6) is 0.563. The molecule has 0 bridgehead atoms. The number of hydrogen-bond acceptors (Lipinski definition) is 3. The van der Waals surface area contributed by atoms with Crippen molar-refractivity contribution in [2.24, 2.45) is 0 Å². The van der Waals surface area contributed by atoms with Gasteiger partial charge < -0.3 is 9.47 Å². The number of benzene rings is 1. The monoisotopic (exact) mass is 390 g/mol. The van der Waals surface area contributed by atoms with Crippen LogP contribution in [0, 0.1) is 0 Å². The molecule has 1 rings (SSSR count). The van der Waals surface area contributed by atoms with Gasteiger partial charge in [-0.2, -0.15) is 0 Å². The Morgan fingerprint density at radius 2 is 1.14 bits per heavy atom. The molecule has 1 aromatic rings. The molecule has 28 heavy (non-hydrogen) atoms. The highest BCUT2D eigenvalue weighted by atomic mass is 16.7. The van der Waals surface area contributed by atoms with E-state index in [1.54, 1.807) is 0 Å². The van der Waals surface area contributed by atoms with E-state index in [4.69, 9.17) is 9.47 Å². The lowest BCUT2D eigenvalue weighted by Gasteiger charge is -2.07. The van der Waals surface area contributed by atoms with Gasteiger partial charge >= 0.3 is 5.97 Å². The summed E-state index contributed by atoms with van der Waals surface area (Å²) in [5.41, 5.74) is 0. The molecule has 0 N–H and O–H groups in total. The Kier molecular flexibility index (Phi) is 16.5. The van der Waals surface area contributed by atoms with E-state index in [1.807, 2.05) is 30.3 Å². The van der Waals surface area contributed by atoms with Crippen LogP contribution in [0.3, 0.4) is 0 Å². The Labute approximate surface area is 173 Å². The van der Waals surface area contributed by atoms with Crippen molar-refractivity contribution in [2.45, 2.75) is 110 Å². The molecule has 3 heteroatoms. The van der Waals surface area contributed by atoms with Gasteiger partial charge in [-0.25, -0.2) is 0 Å². The molecule has 0 fully saturated rings. The van der Waals surface area contributed by atoms with Crippen molar-refractivity contribution in [1.29, 1.82) is 0 Å². The third-order valence-corrected chi connectivity index (χ3v) is 5.17. The van der Waals surface area contributed by atoms with E-state index in [9.17, 15) is 4.79 Å². The van der Waals surface area contributed by atoms with Gasteiger partial charge in [-0.15, -0.1) is 0 Å². The topological polar surface area (TPSA) is 35.5 Å². The van der Waals surface area contributed by atoms with Crippen LogP contribution in [0.1, 0.15) is 110 Å². The van der Waals surface area contributed by atoms with Crippen LogP contribution >= 0.6 is 0 Å². The maximum atomic E-state index is 11.7. The van der Waals surface area contributed by atoms with Crippen LogP contribution in [0.5, 0.6) is 5.75 Å². The molecule has 0 aliphatic heterocycles. The van der Waals surface area contributed by atoms with E-state index in [0.717, 1.165) is 18.6 Å². The first-order valence-corrected chi connectivity index (χ1v) is 11.7. The molecule has 0 aromatic heterocycles. The van der Waals surface area contributed by atoms with E-state index >= 15 is 0 Å². The first kappa shape index (κ1) is 24.5. The first-order valence-electron chi connectivity index (χ1n) is 11.7. The van der Waals surface area contributed by atoms with Crippen LogP contribution in [0.4, 0.5) is 0 Å². The summed E-state index contributed by atoms with van der Waals surface area (Å²) in [5, 5.41) is 0. The summed E-state index contributed by atoms with van der Waals surface area (Å²) in [6.07, 6.45) is 20.4. The Morgan fingerprint density at radius 1 is 0.679 bits per heavy atom. The van der Waals surface area contributed by atoms with Gasteiger partial charge in [-0.05, 0) is 18.6 Å². The first-order chi connectivity index (χ1) is 13.8. The van der Waals surface area contributed by atoms with Crippen molar-refractivity contribution in [3.8, 4) is 5.75 Å². The smallest absolute Gasteiger partial charge is 0.308 e. The van der Waals surface area contributed by atoms with E-state index in [2.05, 4.69) is 6.92 Å². The lowest BCUT2D eigenvalue weighted by molar-refractivity contribution is -0.150. The van der Waals surface area contributed by atoms with Gasteiger partial charge in [0.15, 0.2) is 0 Å². The standard InChI is InChI=1S/C25H42O3/c1-2-3-4-5-6-7-8-9-10-11-12-13-14-15-19-22-25(26)28-23-27-24-20-17-16-18-21-24/h16-18,20-21H,2-15,19,22-23H2,1H3. The minimum atomic E-state index is -0.161. The van der Waals surface area contributed by atoms with Gasteiger partial charge in [0.1, 0.15) is 5.75 Å². The Morgan fingerprint density at radius 3 is 1.64 bits per heavy atom. The third-order valence-electron chi connectivity index (χ3n) is 5.17. The van der Waals surface area contributed by atoms with Crippen LogP contribution in [-0.2, 0) is 9.53 Å². The average molecular weight is 391 g/mol. The van der Waals surface area contributed by atoms with Crippen molar-refractivity contribution in [3.63, 3.8) is 0 Å². The van der Waals surface area contributed by atoms with E-state index < -0.39 is 0 Å². The fourth-order valence-electron chi connectivity index (χ4n) is 3.39. The van der Waals surface area contributed by atoms with E-state index in [1.165, 1.54) is 83.5 Å². The molecule has 0 aliphatic carbocycles. The molecule has 0 saturated carbocycles. The van der Waals surface area contributed by atoms with Crippen molar-refractivity contribution < 1.29 is 14.3 Å². The highest BCUT2D eigenvalue weighted by Crippen LogP contribution is 2.14. The van der Waals surface area contributed by atoms with Crippen molar-refractivity contribution in [1.82, 2.24) is 0 Å². The highest BCUT2D eigenvalue weighted by molar-refractivity contribution is 5.69. The lowest BCUT2D eigenvalue weighted by Crippen LogP contribution is -2.10. The predicted octanol–water partition coefficient (Wildman–Crippen LogP) is 7.83. The molecule has 0 heterocycles. The number of unbranched alkanes of at least 4 members (excludes halogenated alkanes) is 14. The van der Waals surface area contributed by atoms with Crippen molar-refractivity contribution in [2.75, 3.05) is 6.79 Å². The molecule has 3 nitrogen and oxygen atoms in total. The zero-order valence-electron chi connectivity index (χ0n) is 18.1. The number of rotatable bonds is 19. The molecule has 160 valence electrons. The number of carbonyl (C=O) groups excluding carboxylic acids is 1. The summed E-state index contributed by atoms with van der Waals surface area (Å²) >= 11 is 0. The second kappa shape index (κ2) is 18.8. The fourth-order valence-corrected chi connectivity index (χ4v) is 3.39. The fraction of sp³-hybridized carbons (Fsp3) is 0.720. The number of esters is 1. The number of ether oxygens (including phenoxy) is 2. The number of para-hydroxylation sites is 1. The Balaban J connectivity index is 1.76. The van der Waals surface area contributed by atoms with Crippen molar-refractivity contribution >= 4 is 5.97 Å². The summed E-state index contributed by atoms with van der Waals surface area (Å²) in [6, 6.07) is 9.42. The van der Waals surface area contributed by atoms with Gasteiger partial charge in [-0.1, -0.05) is 115 Å². The van der Waals surface area contributed by atoms with Crippen LogP contribution in [-0.4, -0.2) is 12.8 Å². The van der Waals surface area contributed by atoms with Crippen LogP contribution in [0.2, 0.25) is 0 Å². The third kappa shape index (κ3) is 15.5. The Bertz CT molecular complexity index is 458. The SMILES string of the molecule is CCCCCCCCCCCCCCCCCC(=O)OCOc1ccccc1. The van der Waals surface area contributed by atoms with Gasteiger partial charge in [0.05, 0.1) is 0 Å². The molecule has 0 amide bonds. The van der Waals surface area contributed by atoms with Gasteiger partial charge in [0.25, 0.3) is 0 Å². The maximum Gasteiger partial charge on any atom is 0.308 e. The molecule has 0 saturated heterocycles. The quantitative estimate of drug-likeness (QED) is 0.137. The van der Waals surface area contributed by atoms with Crippen LogP contribution in [0.25, 0.3) is 0 Å². The molecule has 0 unspecified atom stereocenters. The average Bonchev–Trinajstić information content (AvgIpc) is 2.71. The maximum absolute atomic E-state index is 11.7. The van der Waals surface area contributed by atoms with E-state index in [0.29, 0.717) is 6.42 Å². The van der Waals surface area contributed by atoms with Gasteiger partial charge in [-0.3, -0.25) is 4.79 Å². The van der Waals surface area contributed by atoms with Crippen LogP contribution < -0.4 is 4.74 Å². The van der Waals surface area contributed by atoms with Gasteiger partial charge in [0.2, 0.25) is 6.79 Å². The molecule has 0 spiro atoms. The summed E-state index contributed by atoms with van der Waals surface area (Å²) < 4.78 is 10.5. The Hall–Kier alpha value is -1.51.